The Morgan fingerprint density at radius 3 is 2.70 bits per heavy atom. The van der Waals surface area contributed by atoms with Gasteiger partial charge in [-0.2, -0.15) is 0 Å². The van der Waals surface area contributed by atoms with Gasteiger partial charge in [-0.1, -0.05) is 12.1 Å². The first-order valence-corrected chi connectivity index (χ1v) is 7.45. The summed E-state index contributed by atoms with van der Waals surface area (Å²) in [4.78, 5) is 34.1. The van der Waals surface area contributed by atoms with Gasteiger partial charge in [-0.25, -0.2) is 4.79 Å². The third kappa shape index (κ3) is 2.91. The van der Waals surface area contributed by atoms with Gasteiger partial charge in [-0.15, -0.1) is 0 Å². The van der Waals surface area contributed by atoms with Gasteiger partial charge in [0.1, 0.15) is 11.5 Å². The molecule has 116 valence electrons. The Labute approximate surface area is 135 Å². The van der Waals surface area contributed by atoms with Gasteiger partial charge in [0, 0.05) is 11.6 Å². The average molecular weight is 329 g/mol. The first kappa shape index (κ1) is 15.1. The van der Waals surface area contributed by atoms with E-state index in [9.17, 15) is 14.4 Å². The first-order valence-electron chi connectivity index (χ1n) is 6.63. The molecule has 0 spiro atoms. The summed E-state index contributed by atoms with van der Waals surface area (Å²) in [5.74, 6) is -0.558. The number of hydrogen-bond donors (Lipinski definition) is 2. The molecule has 3 rings (SSSR count). The van der Waals surface area contributed by atoms with Crippen LogP contribution in [-0.4, -0.2) is 22.2 Å². The van der Waals surface area contributed by atoms with E-state index in [2.05, 4.69) is 5.32 Å². The summed E-state index contributed by atoms with van der Waals surface area (Å²) >= 11 is 0.807. The van der Waals surface area contributed by atoms with Gasteiger partial charge >= 0.3 is 5.97 Å². The van der Waals surface area contributed by atoms with Crippen LogP contribution in [0.1, 0.15) is 21.7 Å². The third-order valence-corrected chi connectivity index (χ3v) is 4.18. The number of amides is 2. The number of benzene rings is 1. The van der Waals surface area contributed by atoms with Crippen LogP contribution in [0, 0.1) is 6.92 Å². The zero-order valence-corrected chi connectivity index (χ0v) is 12.8. The normalized spacial score (nSPS) is 16.0. The lowest BCUT2D eigenvalue weighted by Crippen LogP contribution is -2.17. The van der Waals surface area contributed by atoms with Crippen molar-refractivity contribution in [3.8, 4) is 11.3 Å². The Kier molecular flexibility index (Phi) is 3.79. The van der Waals surface area contributed by atoms with E-state index >= 15 is 0 Å². The standard InChI is InChI=1S/C16H11NO5S/c1-8-10(3-2-4-11(8)15(19)20)12-6-5-9(22-12)7-13-14(18)17-16(21)23-13/h2-7H,1H3,(H,19,20)(H,17,18,21). The van der Waals surface area contributed by atoms with E-state index in [1.54, 1.807) is 31.2 Å². The highest BCUT2D eigenvalue weighted by atomic mass is 32.2. The van der Waals surface area contributed by atoms with Crippen LogP contribution < -0.4 is 5.32 Å². The molecule has 23 heavy (non-hydrogen) atoms. The zero-order valence-electron chi connectivity index (χ0n) is 12.0. The monoisotopic (exact) mass is 329 g/mol. The number of carbonyl (C=O) groups excluding carboxylic acids is 2. The molecule has 2 amide bonds. The van der Waals surface area contributed by atoms with Crippen molar-refractivity contribution in [3.63, 3.8) is 0 Å². The molecule has 7 heteroatoms. The van der Waals surface area contributed by atoms with E-state index in [1.807, 2.05) is 0 Å². The molecule has 6 nitrogen and oxygen atoms in total. The summed E-state index contributed by atoms with van der Waals surface area (Å²) in [5, 5.41) is 10.9. The lowest BCUT2D eigenvalue weighted by molar-refractivity contribution is -0.115. The SMILES string of the molecule is Cc1c(C(=O)O)cccc1-c1ccc(C=C2SC(=O)NC2=O)o1. The quantitative estimate of drug-likeness (QED) is 0.839. The molecule has 1 fully saturated rings. The van der Waals surface area contributed by atoms with Gasteiger partial charge in [-0.05, 0) is 42.4 Å². The van der Waals surface area contributed by atoms with Crippen LogP contribution in [0.4, 0.5) is 4.79 Å². The van der Waals surface area contributed by atoms with Crippen LogP contribution in [0.25, 0.3) is 17.4 Å². The Morgan fingerprint density at radius 1 is 1.26 bits per heavy atom. The molecule has 2 N–H and O–H groups in total. The summed E-state index contributed by atoms with van der Waals surface area (Å²) in [6.07, 6.45) is 1.48. The number of imide groups is 1. The minimum absolute atomic E-state index is 0.204. The molecule has 0 atom stereocenters. The fraction of sp³-hybridized carbons (Fsp3) is 0.0625. The van der Waals surface area contributed by atoms with Crippen molar-refractivity contribution in [2.75, 3.05) is 0 Å². The molecule has 0 saturated carbocycles. The van der Waals surface area contributed by atoms with Crippen molar-refractivity contribution in [1.82, 2.24) is 5.32 Å². The Morgan fingerprint density at radius 2 is 2.04 bits per heavy atom. The van der Waals surface area contributed by atoms with Gasteiger partial charge in [-0.3, -0.25) is 14.9 Å². The van der Waals surface area contributed by atoms with E-state index < -0.39 is 17.1 Å². The lowest BCUT2D eigenvalue weighted by atomic mass is 10.0. The van der Waals surface area contributed by atoms with E-state index in [0.29, 0.717) is 22.6 Å². The van der Waals surface area contributed by atoms with Gasteiger partial charge in [0.25, 0.3) is 11.1 Å². The van der Waals surface area contributed by atoms with Gasteiger partial charge < -0.3 is 9.52 Å². The van der Waals surface area contributed by atoms with Crippen LogP contribution in [0.15, 0.2) is 39.7 Å². The fourth-order valence-corrected chi connectivity index (χ4v) is 2.92. The molecular formula is C16H11NO5S. The highest BCUT2D eigenvalue weighted by molar-refractivity contribution is 8.18. The van der Waals surface area contributed by atoms with Crippen molar-refractivity contribution in [2.24, 2.45) is 0 Å². The van der Waals surface area contributed by atoms with Crippen molar-refractivity contribution in [1.29, 1.82) is 0 Å². The van der Waals surface area contributed by atoms with E-state index in [-0.39, 0.29) is 10.5 Å². The molecule has 2 heterocycles. The Hall–Kier alpha value is -2.80. The van der Waals surface area contributed by atoms with Crippen LogP contribution in [-0.2, 0) is 4.79 Å². The van der Waals surface area contributed by atoms with Gasteiger partial charge in [0.05, 0.1) is 10.5 Å². The van der Waals surface area contributed by atoms with E-state index in [1.165, 1.54) is 12.1 Å². The molecule has 1 saturated heterocycles. The second-order valence-corrected chi connectivity index (χ2v) is 5.85. The maximum atomic E-state index is 11.5. The molecule has 1 aromatic heterocycles. The fourth-order valence-electron chi connectivity index (χ4n) is 2.26. The number of thioether (sulfide) groups is 1. The molecule has 2 aromatic rings. The van der Waals surface area contributed by atoms with Gasteiger partial charge in [0.15, 0.2) is 0 Å². The summed E-state index contributed by atoms with van der Waals surface area (Å²) in [6.45, 7) is 1.71. The van der Waals surface area contributed by atoms with Crippen molar-refractivity contribution in [2.45, 2.75) is 6.92 Å². The second kappa shape index (κ2) is 5.77. The number of carbonyl (C=O) groups is 3. The minimum Gasteiger partial charge on any atom is -0.478 e. The number of hydrogen-bond acceptors (Lipinski definition) is 5. The molecular weight excluding hydrogens is 318 g/mol. The number of nitrogens with one attached hydrogen (secondary N) is 1. The lowest BCUT2D eigenvalue weighted by Gasteiger charge is -2.05. The average Bonchev–Trinajstić information content (AvgIpc) is 3.06. The minimum atomic E-state index is -1.00. The number of rotatable bonds is 3. The maximum Gasteiger partial charge on any atom is 0.335 e. The summed E-state index contributed by atoms with van der Waals surface area (Å²) < 4.78 is 5.66. The van der Waals surface area contributed by atoms with Crippen molar-refractivity contribution in [3.05, 3.63) is 52.1 Å². The van der Waals surface area contributed by atoms with E-state index in [4.69, 9.17) is 9.52 Å². The highest BCUT2D eigenvalue weighted by Gasteiger charge is 2.25. The predicted molar refractivity (Wildman–Crippen MR) is 84.9 cm³/mol. The van der Waals surface area contributed by atoms with Crippen LogP contribution in [0.5, 0.6) is 0 Å². The summed E-state index contributed by atoms with van der Waals surface area (Å²) in [7, 11) is 0. The molecule has 0 unspecified atom stereocenters. The van der Waals surface area contributed by atoms with Crippen LogP contribution in [0.2, 0.25) is 0 Å². The molecule has 1 aromatic carbocycles. The van der Waals surface area contributed by atoms with Crippen LogP contribution in [0.3, 0.4) is 0 Å². The molecule has 1 aliphatic rings. The van der Waals surface area contributed by atoms with Crippen molar-refractivity contribution < 1.29 is 23.9 Å². The highest BCUT2D eigenvalue weighted by Crippen LogP contribution is 2.30. The largest absolute Gasteiger partial charge is 0.478 e. The number of carboxylic acid groups (broad SMARTS) is 1. The molecule has 0 aliphatic carbocycles. The topological polar surface area (TPSA) is 96.6 Å². The Bertz CT molecular complexity index is 865. The summed E-state index contributed by atoms with van der Waals surface area (Å²) in [6, 6.07) is 8.28. The maximum absolute atomic E-state index is 11.5. The van der Waals surface area contributed by atoms with Crippen LogP contribution >= 0.6 is 11.8 Å². The Balaban J connectivity index is 1.96. The number of carboxylic acids is 1. The predicted octanol–water partition coefficient (Wildman–Crippen LogP) is 3.28. The molecule has 1 aliphatic heterocycles. The molecule has 0 radical (unpaired) electrons. The molecule has 0 bridgehead atoms. The third-order valence-electron chi connectivity index (χ3n) is 3.37. The number of furan rings is 1. The smallest absolute Gasteiger partial charge is 0.335 e. The second-order valence-electron chi connectivity index (χ2n) is 4.84. The summed E-state index contributed by atoms with van der Waals surface area (Å²) in [5.41, 5.74) is 1.46. The van der Waals surface area contributed by atoms with Crippen molar-refractivity contribution >= 4 is 35.0 Å². The number of aromatic carboxylic acids is 1. The zero-order chi connectivity index (χ0) is 16.6. The first-order chi connectivity index (χ1) is 11.0. The van der Waals surface area contributed by atoms with Gasteiger partial charge in [0.2, 0.25) is 0 Å². The van der Waals surface area contributed by atoms with E-state index in [0.717, 1.165) is 11.8 Å².